The number of phenols is 1. The quantitative estimate of drug-likeness (QED) is 0.162. The summed E-state index contributed by atoms with van der Waals surface area (Å²) in [5.41, 5.74) is 15.8. The molecule has 0 bridgehead atoms. The van der Waals surface area contributed by atoms with Crippen LogP contribution in [0.5, 0.6) is 5.75 Å². The van der Waals surface area contributed by atoms with Gasteiger partial charge in [-0.3, -0.25) is 9.55 Å². The molecule has 6 aromatic carbocycles. The van der Waals surface area contributed by atoms with Crippen LogP contribution in [0.3, 0.4) is 0 Å². The Balaban J connectivity index is 0.00000666. The van der Waals surface area contributed by atoms with Crippen molar-refractivity contribution in [2.45, 2.75) is 124 Å². The van der Waals surface area contributed by atoms with Crippen molar-refractivity contribution in [1.29, 1.82) is 0 Å². The molecule has 0 aliphatic rings. The van der Waals surface area contributed by atoms with Gasteiger partial charge < -0.3 is 5.11 Å². The number of hydrogen-bond acceptors (Lipinski definition) is 3. The first kappa shape index (κ1) is 46.9. The molecule has 5 heteroatoms. The third-order valence-electron chi connectivity index (χ3n) is 12.7. The molecule has 2 heterocycles. The van der Waals surface area contributed by atoms with Gasteiger partial charge in [-0.25, -0.2) is 4.98 Å². The average molecular weight is 1050 g/mol. The van der Waals surface area contributed by atoms with E-state index in [1.807, 2.05) is 38.2 Å². The molecule has 0 unspecified atom stereocenters. The van der Waals surface area contributed by atoms with E-state index >= 15 is 0 Å². The molecule has 0 spiro atoms. The maximum Gasteiger partial charge on any atom is 0.148 e. The van der Waals surface area contributed by atoms with Crippen LogP contribution in [0.4, 0.5) is 0 Å². The largest absolute Gasteiger partial charge is 0.507 e. The van der Waals surface area contributed by atoms with E-state index in [1.165, 1.54) is 5.56 Å². The normalized spacial score (nSPS) is 12.8. The molecule has 8 aromatic rings. The average Bonchev–Trinajstić information content (AvgIpc) is 3.64. The van der Waals surface area contributed by atoms with Gasteiger partial charge in [-0.2, -0.15) is 0 Å². The van der Waals surface area contributed by atoms with Gasteiger partial charge in [-0.15, -0.1) is 29.3 Å². The van der Waals surface area contributed by atoms with E-state index in [0.29, 0.717) is 11.4 Å². The van der Waals surface area contributed by atoms with Crippen LogP contribution in [0.2, 0.25) is 0 Å². The molecule has 1 N–H and O–H groups in total. The number of nitrogens with zero attached hydrogens (tertiary/aromatic N) is 3. The van der Waals surface area contributed by atoms with E-state index in [9.17, 15) is 6.48 Å². The van der Waals surface area contributed by atoms with Crippen LogP contribution in [-0.2, 0) is 42.7 Å². The van der Waals surface area contributed by atoms with Crippen LogP contribution < -0.4 is 0 Å². The second-order valence-corrected chi connectivity index (χ2v) is 22.2. The first-order valence-electron chi connectivity index (χ1n) is 23.5. The molecule has 8 rings (SSSR count). The number of hydrogen-bond donors (Lipinski definition) is 1. The summed E-state index contributed by atoms with van der Waals surface area (Å²) in [6.45, 7) is 30.4. The minimum absolute atomic E-state index is 0. The van der Waals surface area contributed by atoms with E-state index in [-0.39, 0.29) is 48.5 Å². The van der Waals surface area contributed by atoms with E-state index < -0.39 is 5.89 Å². The fraction of sp³-hybridized carbons (Fsp3) is 0.311. The van der Waals surface area contributed by atoms with Gasteiger partial charge in [0, 0.05) is 45.6 Å². The molecule has 342 valence electrons. The molecule has 2 aromatic heterocycles. The van der Waals surface area contributed by atoms with E-state index in [4.69, 9.17) is 9.97 Å². The Kier molecular flexibility index (Phi) is 12.7. The van der Waals surface area contributed by atoms with Crippen molar-refractivity contribution in [3.05, 3.63) is 167 Å². The Morgan fingerprint density at radius 1 is 0.561 bits per heavy atom. The minimum atomic E-state index is -0.920. The number of rotatable bonds is 7. The first-order valence-corrected chi connectivity index (χ1v) is 23.0. The zero-order valence-electron chi connectivity index (χ0n) is 42.3. The smallest absolute Gasteiger partial charge is 0.148 e. The molecular weight excluding hydrogens is 986 g/mol. The fourth-order valence-corrected chi connectivity index (χ4v) is 8.73. The van der Waals surface area contributed by atoms with Crippen molar-refractivity contribution in [2.75, 3.05) is 0 Å². The molecule has 0 amide bonds. The van der Waals surface area contributed by atoms with E-state index in [0.717, 1.165) is 83.6 Å². The SMILES string of the molecule is [2H]C(C)(C)c1cc(-n2c(-c3cc(C(C)(C)C)cc(C(C)(C)C)c3O)nc3c(-c4[c-]c(-c5cc(-c6ccc(C(C)(C)C)cc6)ccn5)cc(C(C)(C)C)c4)cccc32)ccc1-c1ccccc1.[Pt]. The van der Waals surface area contributed by atoms with Crippen LogP contribution in [0, 0.1) is 6.07 Å². The van der Waals surface area contributed by atoms with Gasteiger partial charge in [-0.05, 0) is 96.8 Å². The molecule has 0 saturated carbocycles. The van der Waals surface area contributed by atoms with Crippen molar-refractivity contribution in [3.8, 4) is 67.5 Å². The standard InChI is InChI=1S/C61H66N3O.Pt/c1-38(2)50-37-47(27-28-48(50)40-19-16-15-17-20-40)64-54-22-18-21-49(55(54)63-57(64)51-35-46(60(9,10)11)36-52(56(51)65)61(12,13)14)42-31-43(33-45(32-42)59(6,7)8)53-34-41(29-30-62-53)39-23-25-44(26-24-39)58(3,4)5;/h15-30,32-38,65H,1-14H3;/q-1;/i38D;. The maximum absolute atomic E-state index is 12.5. The molecule has 4 nitrogen and oxygen atoms in total. The summed E-state index contributed by atoms with van der Waals surface area (Å²) in [6.07, 6.45) is 1.90. The molecule has 66 heavy (non-hydrogen) atoms. The zero-order valence-corrected chi connectivity index (χ0v) is 43.6. The number of phenolic OH excluding ortho intramolecular Hbond substituents is 1. The summed E-state index contributed by atoms with van der Waals surface area (Å²) in [5.74, 6) is -0.0683. The third-order valence-corrected chi connectivity index (χ3v) is 12.7. The first-order chi connectivity index (χ1) is 30.8. The van der Waals surface area contributed by atoms with Crippen molar-refractivity contribution < 1.29 is 27.5 Å². The molecule has 0 radical (unpaired) electrons. The number of pyridine rings is 1. The summed E-state index contributed by atoms with van der Waals surface area (Å²) in [5, 5.41) is 12.5. The number of fused-ring (bicyclic) bond motifs is 1. The van der Waals surface area contributed by atoms with Crippen molar-refractivity contribution in [2.24, 2.45) is 0 Å². The van der Waals surface area contributed by atoms with Crippen LogP contribution in [-0.4, -0.2) is 19.6 Å². The van der Waals surface area contributed by atoms with Gasteiger partial charge in [-0.1, -0.05) is 193 Å². The van der Waals surface area contributed by atoms with Gasteiger partial charge >= 0.3 is 0 Å². The predicted molar refractivity (Wildman–Crippen MR) is 275 cm³/mol. The van der Waals surface area contributed by atoms with Crippen LogP contribution in [0.1, 0.15) is 132 Å². The van der Waals surface area contributed by atoms with Gasteiger partial charge in [0.1, 0.15) is 11.6 Å². The second kappa shape index (κ2) is 17.9. The Bertz CT molecular complexity index is 3090. The Labute approximate surface area is 410 Å². The number of benzene rings is 6. The number of aromatic hydroxyl groups is 1. The number of para-hydroxylation sites is 1. The second-order valence-electron chi connectivity index (χ2n) is 22.2. The predicted octanol–water partition coefficient (Wildman–Crippen LogP) is 16.6. The summed E-state index contributed by atoms with van der Waals surface area (Å²) in [4.78, 5) is 10.5. The van der Waals surface area contributed by atoms with Crippen molar-refractivity contribution in [3.63, 3.8) is 0 Å². The van der Waals surface area contributed by atoms with Crippen molar-refractivity contribution >= 4 is 11.0 Å². The summed E-state index contributed by atoms with van der Waals surface area (Å²) < 4.78 is 11.6. The third kappa shape index (κ3) is 9.63. The van der Waals surface area contributed by atoms with Gasteiger partial charge in [0.05, 0.1) is 16.6 Å². The van der Waals surface area contributed by atoms with Gasteiger partial charge in [0.25, 0.3) is 0 Å². The molecule has 0 saturated heterocycles. The Morgan fingerprint density at radius 2 is 1.20 bits per heavy atom. The number of aromatic nitrogens is 3. The summed E-state index contributed by atoms with van der Waals surface area (Å²) >= 11 is 0. The van der Waals surface area contributed by atoms with Gasteiger partial charge in [0.15, 0.2) is 0 Å². The molecule has 0 aliphatic heterocycles. The molecular formula is C61H66N3OPt-. The Morgan fingerprint density at radius 3 is 1.82 bits per heavy atom. The molecule has 0 atom stereocenters. The van der Waals surface area contributed by atoms with Crippen molar-refractivity contribution in [1.82, 2.24) is 14.5 Å². The zero-order chi connectivity index (χ0) is 47.7. The van der Waals surface area contributed by atoms with E-state index in [2.05, 4.69) is 203 Å². The summed E-state index contributed by atoms with van der Waals surface area (Å²) in [7, 11) is 0. The topological polar surface area (TPSA) is 50.9 Å². The van der Waals surface area contributed by atoms with Crippen LogP contribution in [0.25, 0.3) is 72.7 Å². The fourth-order valence-electron chi connectivity index (χ4n) is 8.73. The summed E-state index contributed by atoms with van der Waals surface area (Å²) in [6, 6.07) is 48.8. The monoisotopic (exact) mass is 1050 g/mol. The Hall–Kier alpha value is -5.57. The van der Waals surface area contributed by atoms with Gasteiger partial charge in [0.2, 0.25) is 0 Å². The molecule has 0 aliphatic carbocycles. The van der Waals surface area contributed by atoms with E-state index in [1.54, 1.807) is 0 Å². The van der Waals surface area contributed by atoms with Crippen LogP contribution in [0.15, 0.2) is 134 Å². The minimum Gasteiger partial charge on any atom is -0.507 e. The maximum atomic E-state index is 12.5. The number of imidazole rings is 1. The molecule has 0 fully saturated rings. The van der Waals surface area contributed by atoms with Crippen LogP contribution >= 0.6 is 0 Å².